The predicted octanol–water partition coefficient (Wildman–Crippen LogP) is 4.67. The molecule has 0 bridgehead atoms. The highest BCUT2D eigenvalue weighted by Crippen LogP contribution is 2.16. The minimum Gasteiger partial charge on any atom is -0.336 e. The molecule has 20 heavy (non-hydrogen) atoms. The second-order valence-corrected chi connectivity index (χ2v) is 5.02. The van der Waals surface area contributed by atoms with Gasteiger partial charge in [0.15, 0.2) is 0 Å². The summed E-state index contributed by atoms with van der Waals surface area (Å²) in [5.74, 6) is 0.158. The zero-order valence-electron chi connectivity index (χ0n) is 13.0. The van der Waals surface area contributed by atoms with Gasteiger partial charge in [-0.25, -0.2) is 0 Å². The SMILES string of the molecule is CC=CCCCC(CC)N(CC)C(=O)c1ccccc1. The van der Waals surface area contributed by atoms with E-state index in [1.54, 1.807) is 0 Å². The molecule has 0 fully saturated rings. The quantitative estimate of drug-likeness (QED) is 0.497. The lowest BCUT2D eigenvalue weighted by atomic mass is 10.0. The van der Waals surface area contributed by atoms with Gasteiger partial charge in [-0.15, -0.1) is 0 Å². The molecule has 1 atom stereocenters. The molecule has 1 aromatic rings. The van der Waals surface area contributed by atoms with Crippen LogP contribution in [0.25, 0.3) is 0 Å². The van der Waals surface area contributed by atoms with Crippen molar-refractivity contribution in [2.75, 3.05) is 6.54 Å². The first kappa shape index (κ1) is 16.5. The molecule has 0 radical (unpaired) electrons. The summed E-state index contributed by atoms with van der Waals surface area (Å²) >= 11 is 0. The monoisotopic (exact) mass is 273 g/mol. The van der Waals surface area contributed by atoms with Crippen LogP contribution in [0.3, 0.4) is 0 Å². The highest BCUT2D eigenvalue weighted by atomic mass is 16.2. The van der Waals surface area contributed by atoms with E-state index in [4.69, 9.17) is 0 Å². The van der Waals surface area contributed by atoms with Crippen molar-refractivity contribution in [1.29, 1.82) is 0 Å². The average Bonchev–Trinajstić information content (AvgIpc) is 2.50. The standard InChI is InChI=1S/C18H27NO/c1-4-7-8-12-15-17(5-2)19(6-3)18(20)16-13-10-9-11-14-16/h4,7,9-11,13-14,17H,5-6,8,12,15H2,1-3H3. The van der Waals surface area contributed by atoms with Gasteiger partial charge in [-0.2, -0.15) is 0 Å². The normalized spacial score (nSPS) is 12.6. The van der Waals surface area contributed by atoms with Crippen molar-refractivity contribution < 1.29 is 4.79 Å². The van der Waals surface area contributed by atoms with Gasteiger partial charge < -0.3 is 4.90 Å². The average molecular weight is 273 g/mol. The Balaban J connectivity index is 2.68. The lowest BCUT2D eigenvalue weighted by Gasteiger charge is -2.30. The second-order valence-electron chi connectivity index (χ2n) is 5.02. The van der Waals surface area contributed by atoms with Crippen LogP contribution in [0.4, 0.5) is 0 Å². The van der Waals surface area contributed by atoms with Gasteiger partial charge in [-0.1, -0.05) is 37.3 Å². The fourth-order valence-corrected chi connectivity index (χ4v) is 2.53. The number of carbonyl (C=O) groups excluding carboxylic acids is 1. The Labute approximate surface area is 123 Å². The molecule has 1 unspecified atom stereocenters. The highest BCUT2D eigenvalue weighted by Gasteiger charge is 2.21. The van der Waals surface area contributed by atoms with Gasteiger partial charge in [0, 0.05) is 18.2 Å². The van der Waals surface area contributed by atoms with E-state index in [2.05, 4.69) is 32.9 Å². The number of nitrogens with zero attached hydrogens (tertiary/aromatic N) is 1. The summed E-state index contributed by atoms with van der Waals surface area (Å²) in [6.07, 6.45) is 8.62. The molecule has 2 nitrogen and oxygen atoms in total. The van der Waals surface area contributed by atoms with Crippen molar-refractivity contribution in [2.45, 2.75) is 52.5 Å². The van der Waals surface area contributed by atoms with Gasteiger partial charge in [-0.05, 0) is 51.7 Å². The lowest BCUT2D eigenvalue weighted by Crippen LogP contribution is -2.39. The molecule has 0 saturated heterocycles. The van der Waals surface area contributed by atoms with Crippen molar-refractivity contribution >= 4 is 5.91 Å². The van der Waals surface area contributed by atoms with Crippen molar-refractivity contribution in [3.63, 3.8) is 0 Å². The van der Waals surface area contributed by atoms with Crippen LogP contribution in [0.2, 0.25) is 0 Å². The molecule has 0 aliphatic heterocycles. The zero-order valence-corrected chi connectivity index (χ0v) is 13.0. The molecule has 0 heterocycles. The van der Waals surface area contributed by atoms with Crippen LogP contribution in [-0.2, 0) is 0 Å². The third-order valence-electron chi connectivity index (χ3n) is 3.68. The Bertz CT molecular complexity index is 411. The maximum absolute atomic E-state index is 12.6. The van der Waals surface area contributed by atoms with E-state index < -0.39 is 0 Å². The van der Waals surface area contributed by atoms with E-state index in [9.17, 15) is 4.79 Å². The van der Waals surface area contributed by atoms with Crippen molar-refractivity contribution in [3.8, 4) is 0 Å². The molecule has 1 aromatic carbocycles. The molecular weight excluding hydrogens is 246 g/mol. The van der Waals surface area contributed by atoms with Crippen LogP contribution < -0.4 is 0 Å². The number of hydrogen-bond donors (Lipinski definition) is 0. The third kappa shape index (κ3) is 4.84. The maximum Gasteiger partial charge on any atom is 0.254 e. The van der Waals surface area contributed by atoms with Crippen LogP contribution in [0.1, 0.15) is 56.8 Å². The number of rotatable bonds is 8. The van der Waals surface area contributed by atoms with E-state index >= 15 is 0 Å². The Hall–Kier alpha value is -1.57. The van der Waals surface area contributed by atoms with Gasteiger partial charge >= 0.3 is 0 Å². The molecule has 0 spiro atoms. The molecular formula is C18H27NO. The Morgan fingerprint density at radius 1 is 1.25 bits per heavy atom. The number of hydrogen-bond acceptors (Lipinski definition) is 1. The number of unbranched alkanes of at least 4 members (excludes halogenated alkanes) is 1. The second kappa shape index (κ2) is 9.35. The summed E-state index contributed by atoms with van der Waals surface area (Å²) in [5.41, 5.74) is 0.793. The highest BCUT2D eigenvalue weighted by molar-refractivity contribution is 5.94. The molecule has 1 rings (SSSR count). The van der Waals surface area contributed by atoms with Crippen LogP contribution in [0.5, 0.6) is 0 Å². The maximum atomic E-state index is 12.6. The summed E-state index contributed by atoms with van der Waals surface area (Å²) < 4.78 is 0. The van der Waals surface area contributed by atoms with E-state index in [0.717, 1.165) is 37.8 Å². The first-order chi connectivity index (χ1) is 9.74. The Kier molecular flexibility index (Phi) is 7.71. The van der Waals surface area contributed by atoms with E-state index in [1.165, 1.54) is 0 Å². The minimum atomic E-state index is 0.158. The number of allylic oxidation sites excluding steroid dienone is 2. The molecule has 1 amide bonds. The van der Waals surface area contributed by atoms with Gasteiger partial charge in [0.25, 0.3) is 5.91 Å². The molecule has 110 valence electrons. The zero-order chi connectivity index (χ0) is 14.8. The molecule has 0 aliphatic rings. The van der Waals surface area contributed by atoms with Crippen molar-refractivity contribution in [1.82, 2.24) is 4.90 Å². The Morgan fingerprint density at radius 3 is 2.50 bits per heavy atom. The molecule has 2 heteroatoms. The van der Waals surface area contributed by atoms with Gasteiger partial charge in [0.1, 0.15) is 0 Å². The topological polar surface area (TPSA) is 20.3 Å². The first-order valence-corrected chi connectivity index (χ1v) is 7.71. The molecule has 0 aliphatic carbocycles. The van der Waals surface area contributed by atoms with Crippen molar-refractivity contribution in [2.24, 2.45) is 0 Å². The molecule has 0 N–H and O–H groups in total. The smallest absolute Gasteiger partial charge is 0.254 e. The van der Waals surface area contributed by atoms with Crippen molar-refractivity contribution in [3.05, 3.63) is 48.0 Å². The lowest BCUT2D eigenvalue weighted by molar-refractivity contribution is 0.0673. The number of amides is 1. The summed E-state index contributed by atoms with van der Waals surface area (Å²) in [4.78, 5) is 14.6. The van der Waals surface area contributed by atoms with Crippen LogP contribution >= 0.6 is 0 Å². The number of benzene rings is 1. The molecule has 0 aromatic heterocycles. The third-order valence-corrected chi connectivity index (χ3v) is 3.68. The first-order valence-electron chi connectivity index (χ1n) is 7.71. The fraction of sp³-hybridized carbons (Fsp3) is 0.500. The summed E-state index contributed by atoms with van der Waals surface area (Å²) in [7, 11) is 0. The largest absolute Gasteiger partial charge is 0.336 e. The Morgan fingerprint density at radius 2 is 1.95 bits per heavy atom. The summed E-state index contributed by atoms with van der Waals surface area (Å²) in [5, 5.41) is 0. The van der Waals surface area contributed by atoms with E-state index in [-0.39, 0.29) is 5.91 Å². The van der Waals surface area contributed by atoms with Gasteiger partial charge in [0.2, 0.25) is 0 Å². The minimum absolute atomic E-state index is 0.158. The fourth-order valence-electron chi connectivity index (χ4n) is 2.53. The van der Waals surface area contributed by atoms with Gasteiger partial charge in [-0.3, -0.25) is 4.79 Å². The van der Waals surface area contributed by atoms with Crippen LogP contribution in [0, 0.1) is 0 Å². The van der Waals surface area contributed by atoms with Crippen LogP contribution in [-0.4, -0.2) is 23.4 Å². The van der Waals surface area contributed by atoms with Gasteiger partial charge in [0.05, 0.1) is 0 Å². The summed E-state index contributed by atoms with van der Waals surface area (Å²) in [6, 6.07) is 9.94. The van der Waals surface area contributed by atoms with Crippen LogP contribution in [0.15, 0.2) is 42.5 Å². The predicted molar refractivity (Wildman–Crippen MR) is 85.9 cm³/mol. The van der Waals surface area contributed by atoms with E-state index in [1.807, 2.05) is 35.2 Å². The van der Waals surface area contributed by atoms with E-state index in [0.29, 0.717) is 6.04 Å². The molecule has 0 saturated carbocycles. The summed E-state index contributed by atoms with van der Waals surface area (Å²) in [6.45, 7) is 7.06. The number of carbonyl (C=O) groups is 1.